The van der Waals surface area contributed by atoms with Crippen LogP contribution in [-0.4, -0.2) is 31.2 Å². The van der Waals surface area contributed by atoms with Gasteiger partial charge in [0.1, 0.15) is 0 Å². The molecule has 0 aliphatic carbocycles. The standard InChI is InChI=1S/C13H17NO3/c1-2-14(9-15)7-3-4-11-5-6-12-13(8-11)17-10-16-12/h5-6,8-9H,2-4,7,10H2,1H3. The molecule has 1 aliphatic heterocycles. The van der Waals surface area contributed by atoms with Crippen LogP contribution in [-0.2, 0) is 11.2 Å². The van der Waals surface area contributed by atoms with Crippen LogP contribution < -0.4 is 9.47 Å². The number of amides is 1. The van der Waals surface area contributed by atoms with Gasteiger partial charge < -0.3 is 14.4 Å². The zero-order valence-electron chi connectivity index (χ0n) is 10.0. The normalized spacial score (nSPS) is 12.5. The number of benzene rings is 1. The van der Waals surface area contributed by atoms with Crippen molar-refractivity contribution in [1.82, 2.24) is 4.90 Å². The molecule has 2 rings (SSSR count). The van der Waals surface area contributed by atoms with Gasteiger partial charge in [0.2, 0.25) is 13.2 Å². The van der Waals surface area contributed by atoms with Gasteiger partial charge in [0.25, 0.3) is 0 Å². The van der Waals surface area contributed by atoms with Gasteiger partial charge in [-0.15, -0.1) is 0 Å². The van der Waals surface area contributed by atoms with Gasteiger partial charge in [-0.3, -0.25) is 4.79 Å². The summed E-state index contributed by atoms with van der Waals surface area (Å²) in [5, 5.41) is 0. The number of hydrogen-bond donors (Lipinski definition) is 0. The largest absolute Gasteiger partial charge is 0.454 e. The maximum absolute atomic E-state index is 10.6. The van der Waals surface area contributed by atoms with Crippen molar-refractivity contribution in [1.29, 1.82) is 0 Å². The highest BCUT2D eigenvalue weighted by atomic mass is 16.7. The van der Waals surface area contributed by atoms with Gasteiger partial charge in [-0.1, -0.05) is 6.07 Å². The number of carbonyl (C=O) groups excluding carboxylic acids is 1. The van der Waals surface area contributed by atoms with Gasteiger partial charge >= 0.3 is 0 Å². The molecule has 0 N–H and O–H groups in total. The third-order valence-corrected chi connectivity index (χ3v) is 2.90. The van der Waals surface area contributed by atoms with Crippen molar-refractivity contribution in [2.45, 2.75) is 19.8 Å². The Balaban J connectivity index is 1.85. The zero-order chi connectivity index (χ0) is 12.1. The fraction of sp³-hybridized carbons (Fsp3) is 0.462. The van der Waals surface area contributed by atoms with Crippen LogP contribution in [0.1, 0.15) is 18.9 Å². The second-order valence-electron chi connectivity index (χ2n) is 4.03. The number of ether oxygens (including phenoxy) is 2. The lowest BCUT2D eigenvalue weighted by Crippen LogP contribution is -2.22. The van der Waals surface area contributed by atoms with Crippen LogP contribution >= 0.6 is 0 Å². The summed E-state index contributed by atoms with van der Waals surface area (Å²) < 4.78 is 10.6. The summed E-state index contributed by atoms with van der Waals surface area (Å²) in [7, 11) is 0. The zero-order valence-corrected chi connectivity index (χ0v) is 10.0. The van der Waals surface area contributed by atoms with E-state index in [9.17, 15) is 4.79 Å². The monoisotopic (exact) mass is 235 g/mol. The summed E-state index contributed by atoms with van der Waals surface area (Å²) in [6.45, 7) is 3.86. The molecule has 4 nitrogen and oxygen atoms in total. The topological polar surface area (TPSA) is 38.8 Å². The third-order valence-electron chi connectivity index (χ3n) is 2.90. The van der Waals surface area contributed by atoms with Crippen LogP contribution in [0.15, 0.2) is 18.2 Å². The van der Waals surface area contributed by atoms with Gasteiger partial charge in [-0.25, -0.2) is 0 Å². The van der Waals surface area contributed by atoms with Crippen LogP contribution in [0.2, 0.25) is 0 Å². The van der Waals surface area contributed by atoms with E-state index in [1.165, 1.54) is 5.56 Å². The summed E-state index contributed by atoms with van der Waals surface area (Å²) in [4.78, 5) is 12.4. The van der Waals surface area contributed by atoms with E-state index in [1.54, 1.807) is 4.90 Å². The average molecular weight is 235 g/mol. The molecule has 0 aromatic heterocycles. The summed E-state index contributed by atoms with van der Waals surface area (Å²) in [5.74, 6) is 1.64. The third kappa shape index (κ3) is 2.90. The molecule has 0 unspecified atom stereocenters. The number of aryl methyl sites for hydroxylation is 1. The number of carbonyl (C=O) groups is 1. The van der Waals surface area contributed by atoms with E-state index in [1.807, 2.05) is 25.1 Å². The van der Waals surface area contributed by atoms with Gasteiger partial charge in [0, 0.05) is 13.1 Å². The van der Waals surface area contributed by atoms with Crippen molar-refractivity contribution in [2.75, 3.05) is 19.9 Å². The van der Waals surface area contributed by atoms with Gasteiger partial charge in [0.15, 0.2) is 11.5 Å². The molecule has 1 aromatic carbocycles. The lowest BCUT2D eigenvalue weighted by atomic mass is 10.1. The first-order chi connectivity index (χ1) is 8.33. The van der Waals surface area contributed by atoms with E-state index in [4.69, 9.17) is 9.47 Å². The molecule has 1 heterocycles. The molecule has 0 bridgehead atoms. The number of hydrogen-bond acceptors (Lipinski definition) is 3. The predicted molar refractivity (Wildman–Crippen MR) is 64.2 cm³/mol. The second-order valence-corrected chi connectivity index (χ2v) is 4.03. The first-order valence-corrected chi connectivity index (χ1v) is 5.91. The molecule has 92 valence electrons. The Morgan fingerprint density at radius 1 is 1.35 bits per heavy atom. The second kappa shape index (κ2) is 5.57. The van der Waals surface area contributed by atoms with Crippen molar-refractivity contribution < 1.29 is 14.3 Å². The fourth-order valence-electron chi connectivity index (χ4n) is 1.87. The quantitative estimate of drug-likeness (QED) is 0.706. The minimum absolute atomic E-state index is 0.313. The first kappa shape index (κ1) is 11.8. The summed E-state index contributed by atoms with van der Waals surface area (Å²) in [6.07, 6.45) is 2.81. The number of rotatable bonds is 6. The lowest BCUT2D eigenvalue weighted by molar-refractivity contribution is -0.118. The van der Waals surface area contributed by atoms with E-state index < -0.39 is 0 Å². The van der Waals surface area contributed by atoms with E-state index in [2.05, 4.69) is 0 Å². The van der Waals surface area contributed by atoms with Crippen LogP contribution in [0.5, 0.6) is 11.5 Å². The Kier molecular flexibility index (Phi) is 3.85. The van der Waals surface area contributed by atoms with Gasteiger partial charge in [-0.2, -0.15) is 0 Å². The molecular weight excluding hydrogens is 218 g/mol. The van der Waals surface area contributed by atoms with Crippen molar-refractivity contribution in [3.05, 3.63) is 23.8 Å². The number of nitrogens with zero attached hydrogens (tertiary/aromatic N) is 1. The van der Waals surface area contributed by atoms with Crippen LogP contribution in [0.25, 0.3) is 0 Å². The SMILES string of the molecule is CCN(C=O)CCCc1ccc2c(c1)OCO2. The summed E-state index contributed by atoms with van der Waals surface area (Å²) in [5.41, 5.74) is 1.22. The Hall–Kier alpha value is -1.71. The maximum atomic E-state index is 10.6. The molecule has 0 radical (unpaired) electrons. The van der Waals surface area contributed by atoms with E-state index >= 15 is 0 Å². The molecular formula is C13H17NO3. The molecule has 4 heteroatoms. The molecule has 1 aliphatic rings. The van der Waals surface area contributed by atoms with Gasteiger partial charge in [0.05, 0.1) is 0 Å². The Labute approximate surface area is 101 Å². The van der Waals surface area contributed by atoms with Gasteiger partial charge in [-0.05, 0) is 37.5 Å². The molecule has 0 fully saturated rings. The molecule has 0 spiro atoms. The Morgan fingerprint density at radius 3 is 2.94 bits per heavy atom. The molecule has 0 atom stereocenters. The fourth-order valence-corrected chi connectivity index (χ4v) is 1.87. The van der Waals surface area contributed by atoms with Crippen molar-refractivity contribution in [3.8, 4) is 11.5 Å². The molecule has 1 amide bonds. The predicted octanol–water partition coefficient (Wildman–Crippen LogP) is 1.83. The highest BCUT2D eigenvalue weighted by Gasteiger charge is 2.12. The minimum atomic E-state index is 0.313. The van der Waals surface area contributed by atoms with E-state index in [0.29, 0.717) is 6.79 Å². The highest BCUT2D eigenvalue weighted by Crippen LogP contribution is 2.32. The molecule has 0 saturated carbocycles. The number of fused-ring (bicyclic) bond motifs is 1. The Morgan fingerprint density at radius 2 is 2.18 bits per heavy atom. The molecule has 17 heavy (non-hydrogen) atoms. The molecule has 0 saturated heterocycles. The minimum Gasteiger partial charge on any atom is -0.454 e. The van der Waals surface area contributed by atoms with Crippen molar-refractivity contribution in [2.24, 2.45) is 0 Å². The van der Waals surface area contributed by atoms with E-state index in [-0.39, 0.29) is 0 Å². The van der Waals surface area contributed by atoms with Crippen molar-refractivity contribution >= 4 is 6.41 Å². The van der Waals surface area contributed by atoms with Crippen LogP contribution in [0.3, 0.4) is 0 Å². The molecule has 1 aromatic rings. The highest BCUT2D eigenvalue weighted by molar-refractivity contribution is 5.47. The Bertz CT molecular complexity index is 392. The summed E-state index contributed by atoms with van der Waals surface area (Å²) in [6, 6.07) is 6.00. The maximum Gasteiger partial charge on any atom is 0.231 e. The van der Waals surface area contributed by atoms with Crippen LogP contribution in [0, 0.1) is 0 Å². The smallest absolute Gasteiger partial charge is 0.231 e. The summed E-state index contributed by atoms with van der Waals surface area (Å²) >= 11 is 0. The lowest BCUT2D eigenvalue weighted by Gasteiger charge is -2.14. The van der Waals surface area contributed by atoms with Crippen molar-refractivity contribution in [3.63, 3.8) is 0 Å². The first-order valence-electron chi connectivity index (χ1n) is 5.91. The van der Waals surface area contributed by atoms with E-state index in [0.717, 1.165) is 43.8 Å². The van der Waals surface area contributed by atoms with Crippen LogP contribution in [0.4, 0.5) is 0 Å². The average Bonchev–Trinajstić information content (AvgIpc) is 2.82.